The second-order valence-electron chi connectivity index (χ2n) is 4.77. The van der Waals surface area contributed by atoms with Crippen molar-refractivity contribution in [2.45, 2.75) is 13.0 Å². The molecule has 7 nitrogen and oxygen atoms in total. The van der Waals surface area contributed by atoms with Gasteiger partial charge in [0, 0.05) is 18.8 Å². The number of nitrogens with zero attached hydrogens (tertiary/aromatic N) is 4. The van der Waals surface area contributed by atoms with Crippen molar-refractivity contribution in [2.75, 3.05) is 0 Å². The Bertz CT molecular complexity index is 779. The molecule has 1 unspecified atom stereocenters. The zero-order valence-corrected chi connectivity index (χ0v) is 12.1. The molecule has 0 amide bonds. The van der Waals surface area contributed by atoms with Gasteiger partial charge in [0.05, 0.1) is 11.8 Å². The standard InChI is InChI=1S/C15H14N4O3/c1-10(21-15(20)12-8-16-19(2)9-12)13-17-14(22-18-13)11-6-4-3-5-7-11/h3-10H,1-2H3. The summed E-state index contributed by atoms with van der Waals surface area (Å²) in [5, 5.41) is 7.79. The topological polar surface area (TPSA) is 83.0 Å². The smallest absolute Gasteiger partial charge is 0.342 e. The van der Waals surface area contributed by atoms with E-state index in [1.54, 1.807) is 20.2 Å². The fourth-order valence-corrected chi connectivity index (χ4v) is 1.91. The molecule has 3 aromatic rings. The third-order valence-electron chi connectivity index (χ3n) is 3.05. The van der Waals surface area contributed by atoms with E-state index < -0.39 is 12.1 Å². The van der Waals surface area contributed by atoms with Gasteiger partial charge in [0.25, 0.3) is 5.89 Å². The molecule has 0 N–H and O–H groups in total. The summed E-state index contributed by atoms with van der Waals surface area (Å²) in [5.41, 5.74) is 1.19. The first-order valence-electron chi connectivity index (χ1n) is 6.72. The number of carbonyl (C=O) groups excluding carboxylic acids is 1. The maximum absolute atomic E-state index is 12.0. The molecule has 112 valence electrons. The summed E-state index contributed by atoms with van der Waals surface area (Å²) in [7, 11) is 1.73. The first-order chi connectivity index (χ1) is 10.6. The van der Waals surface area contributed by atoms with Gasteiger partial charge in [0.15, 0.2) is 6.10 Å². The second kappa shape index (κ2) is 5.80. The Labute approximate surface area is 126 Å². The van der Waals surface area contributed by atoms with Crippen LogP contribution in [-0.2, 0) is 11.8 Å². The molecule has 1 atom stereocenters. The molecule has 0 spiro atoms. The molecular formula is C15H14N4O3. The Morgan fingerprint density at radius 2 is 2.09 bits per heavy atom. The average molecular weight is 298 g/mol. The molecule has 0 radical (unpaired) electrons. The van der Waals surface area contributed by atoms with Gasteiger partial charge in [-0.2, -0.15) is 10.1 Å². The molecule has 0 aliphatic heterocycles. The molecule has 3 rings (SSSR count). The molecule has 22 heavy (non-hydrogen) atoms. The highest BCUT2D eigenvalue weighted by Gasteiger charge is 2.20. The summed E-state index contributed by atoms with van der Waals surface area (Å²) in [6.07, 6.45) is 2.41. The summed E-state index contributed by atoms with van der Waals surface area (Å²) in [4.78, 5) is 16.2. The van der Waals surface area contributed by atoms with E-state index >= 15 is 0 Å². The fraction of sp³-hybridized carbons (Fsp3) is 0.200. The third-order valence-corrected chi connectivity index (χ3v) is 3.05. The number of aromatic nitrogens is 4. The van der Waals surface area contributed by atoms with E-state index in [0.29, 0.717) is 17.3 Å². The van der Waals surface area contributed by atoms with Crippen LogP contribution in [0.2, 0.25) is 0 Å². The Kier molecular flexibility index (Phi) is 3.69. The number of esters is 1. The van der Waals surface area contributed by atoms with E-state index in [9.17, 15) is 4.79 Å². The molecule has 0 saturated heterocycles. The second-order valence-corrected chi connectivity index (χ2v) is 4.77. The van der Waals surface area contributed by atoms with Crippen LogP contribution >= 0.6 is 0 Å². The number of aryl methyl sites for hydroxylation is 1. The van der Waals surface area contributed by atoms with Gasteiger partial charge in [-0.25, -0.2) is 4.79 Å². The van der Waals surface area contributed by atoms with Crippen LogP contribution < -0.4 is 0 Å². The first-order valence-corrected chi connectivity index (χ1v) is 6.72. The molecule has 0 bridgehead atoms. The molecule has 0 aliphatic carbocycles. The van der Waals surface area contributed by atoms with Crippen LogP contribution in [-0.4, -0.2) is 25.9 Å². The van der Waals surface area contributed by atoms with E-state index in [0.717, 1.165) is 5.56 Å². The Balaban J connectivity index is 1.72. The highest BCUT2D eigenvalue weighted by molar-refractivity contribution is 5.88. The van der Waals surface area contributed by atoms with Gasteiger partial charge in [-0.1, -0.05) is 23.4 Å². The normalized spacial score (nSPS) is 12.1. The zero-order valence-electron chi connectivity index (χ0n) is 12.1. The van der Waals surface area contributed by atoms with Gasteiger partial charge >= 0.3 is 5.97 Å². The molecule has 2 heterocycles. The lowest BCUT2D eigenvalue weighted by Crippen LogP contribution is -2.09. The third kappa shape index (κ3) is 2.88. The van der Waals surface area contributed by atoms with Gasteiger partial charge in [-0.3, -0.25) is 4.68 Å². The SMILES string of the molecule is CC(OC(=O)c1cnn(C)c1)c1noc(-c2ccccc2)n1. The Hall–Kier alpha value is -2.96. The lowest BCUT2D eigenvalue weighted by molar-refractivity contribution is 0.0315. The van der Waals surface area contributed by atoms with Crippen molar-refractivity contribution in [1.29, 1.82) is 0 Å². The van der Waals surface area contributed by atoms with E-state index in [1.165, 1.54) is 10.9 Å². The lowest BCUT2D eigenvalue weighted by atomic mass is 10.2. The molecule has 0 fully saturated rings. The van der Waals surface area contributed by atoms with Gasteiger partial charge in [-0.05, 0) is 19.1 Å². The van der Waals surface area contributed by atoms with Crippen LogP contribution in [0.3, 0.4) is 0 Å². The minimum Gasteiger partial charge on any atom is -0.451 e. The molecule has 0 saturated carbocycles. The van der Waals surface area contributed by atoms with E-state index in [4.69, 9.17) is 9.26 Å². The van der Waals surface area contributed by atoms with Crippen molar-refractivity contribution in [3.63, 3.8) is 0 Å². The zero-order chi connectivity index (χ0) is 15.5. The van der Waals surface area contributed by atoms with Crippen LogP contribution in [0.5, 0.6) is 0 Å². The molecule has 0 aliphatic rings. The molecule has 7 heteroatoms. The number of hydrogen-bond donors (Lipinski definition) is 0. The van der Waals surface area contributed by atoms with Crippen LogP contribution in [0, 0.1) is 0 Å². The quantitative estimate of drug-likeness (QED) is 0.688. The summed E-state index contributed by atoms with van der Waals surface area (Å²) in [6.45, 7) is 1.69. The molecule has 2 aromatic heterocycles. The minimum absolute atomic E-state index is 0.316. The van der Waals surface area contributed by atoms with Crippen molar-refractivity contribution >= 4 is 5.97 Å². The number of ether oxygens (including phenoxy) is 1. The fourth-order valence-electron chi connectivity index (χ4n) is 1.91. The number of carbonyl (C=O) groups is 1. The van der Waals surface area contributed by atoms with Crippen molar-refractivity contribution < 1.29 is 14.1 Å². The van der Waals surface area contributed by atoms with Crippen molar-refractivity contribution in [3.05, 3.63) is 54.1 Å². The Morgan fingerprint density at radius 1 is 1.32 bits per heavy atom. The summed E-state index contributed by atoms with van der Waals surface area (Å²) < 4.78 is 12.0. The highest BCUT2D eigenvalue weighted by Crippen LogP contribution is 2.21. The lowest BCUT2D eigenvalue weighted by Gasteiger charge is -2.07. The number of hydrogen-bond acceptors (Lipinski definition) is 6. The van der Waals surface area contributed by atoms with Gasteiger partial charge in [-0.15, -0.1) is 0 Å². The summed E-state index contributed by atoms with van der Waals surface area (Å²) in [6, 6.07) is 9.39. The van der Waals surface area contributed by atoms with Gasteiger partial charge in [0.1, 0.15) is 0 Å². The highest BCUT2D eigenvalue weighted by atomic mass is 16.5. The maximum Gasteiger partial charge on any atom is 0.342 e. The van der Waals surface area contributed by atoms with Crippen molar-refractivity contribution in [3.8, 4) is 11.5 Å². The average Bonchev–Trinajstić information content (AvgIpc) is 3.17. The first kappa shape index (κ1) is 14.0. The molecule has 1 aromatic carbocycles. The van der Waals surface area contributed by atoms with Crippen LogP contribution in [0.25, 0.3) is 11.5 Å². The monoisotopic (exact) mass is 298 g/mol. The van der Waals surface area contributed by atoms with E-state index in [1.807, 2.05) is 30.3 Å². The van der Waals surface area contributed by atoms with E-state index in [2.05, 4.69) is 15.2 Å². The van der Waals surface area contributed by atoms with Crippen LogP contribution in [0.15, 0.2) is 47.2 Å². The maximum atomic E-state index is 12.0. The predicted molar refractivity (Wildman–Crippen MR) is 76.8 cm³/mol. The van der Waals surface area contributed by atoms with Crippen molar-refractivity contribution in [1.82, 2.24) is 19.9 Å². The van der Waals surface area contributed by atoms with E-state index in [-0.39, 0.29) is 0 Å². The van der Waals surface area contributed by atoms with Crippen LogP contribution in [0.1, 0.15) is 29.2 Å². The summed E-state index contributed by atoms with van der Waals surface area (Å²) in [5.74, 6) is 0.225. The molecular weight excluding hydrogens is 284 g/mol. The predicted octanol–water partition coefficient (Wildman–Crippen LogP) is 2.39. The van der Waals surface area contributed by atoms with Gasteiger partial charge in [0.2, 0.25) is 5.82 Å². The Morgan fingerprint density at radius 3 is 2.77 bits per heavy atom. The summed E-state index contributed by atoms with van der Waals surface area (Å²) >= 11 is 0. The largest absolute Gasteiger partial charge is 0.451 e. The number of benzene rings is 1. The van der Waals surface area contributed by atoms with Crippen molar-refractivity contribution in [2.24, 2.45) is 7.05 Å². The number of rotatable bonds is 4. The minimum atomic E-state index is -0.617. The van der Waals surface area contributed by atoms with Gasteiger partial charge < -0.3 is 9.26 Å². The van der Waals surface area contributed by atoms with Crippen LogP contribution in [0.4, 0.5) is 0 Å².